The standard InChI is InChI=1S/C11H13FO2S/c1-3-4-11(12)15(13,14)10-7-5-9(2)6-8-10/h3-8,11H,1-2H3/b4-3+. The Morgan fingerprint density at radius 1 is 1.27 bits per heavy atom. The molecule has 2 nitrogen and oxygen atoms in total. The molecule has 15 heavy (non-hydrogen) atoms. The largest absolute Gasteiger partial charge is 0.225 e. The third-order valence-electron chi connectivity index (χ3n) is 1.99. The molecular formula is C11H13FO2S. The van der Waals surface area contributed by atoms with Gasteiger partial charge in [-0.2, -0.15) is 0 Å². The van der Waals surface area contributed by atoms with Crippen LogP contribution >= 0.6 is 0 Å². The first-order valence-corrected chi connectivity index (χ1v) is 6.10. The van der Waals surface area contributed by atoms with Gasteiger partial charge in [0.25, 0.3) is 0 Å². The molecule has 82 valence electrons. The molecule has 1 unspecified atom stereocenters. The molecule has 0 aliphatic carbocycles. The second kappa shape index (κ2) is 4.57. The zero-order chi connectivity index (χ0) is 11.5. The molecule has 0 aliphatic rings. The van der Waals surface area contributed by atoms with Gasteiger partial charge in [-0.1, -0.05) is 23.8 Å². The molecule has 1 aromatic carbocycles. The van der Waals surface area contributed by atoms with Crippen molar-refractivity contribution >= 4 is 9.84 Å². The fourth-order valence-corrected chi connectivity index (χ4v) is 2.25. The molecule has 0 saturated carbocycles. The molecule has 1 rings (SSSR count). The van der Waals surface area contributed by atoms with Crippen LogP contribution < -0.4 is 0 Å². The molecule has 0 amide bonds. The van der Waals surface area contributed by atoms with E-state index in [0.29, 0.717) is 0 Å². The van der Waals surface area contributed by atoms with E-state index in [9.17, 15) is 12.8 Å². The highest BCUT2D eigenvalue weighted by atomic mass is 32.2. The third-order valence-corrected chi connectivity index (χ3v) is 3.67. The van der Waals surface area contributed by atoms with E-state index in [1.54, 1.807) is 19.1 Å². The average Bonchev–Trinajstić information content (AvgIpc) is 2.18. The summed E-state index contributed by atoms with van der Waals surface area (Å²) in [4.78, 5) is 0.0127. The highest BCUT2D eigenvalue weighted by Crippen LogP contribution is 2.18. The Bertz CT molecular complexity index is 446. The van der Waals surface area contributed by atoms with Crippen LogP contribution in [0.2, 0.25) is 0 Å². The summed E-state index contributed by atoms with van der Waals surface area (Å²) in [6, 6.07) is 6.13. The van der Waals surface area contributed by atoms with Crippen LogP contribution in [-0.2, 0) is 9.84 Å². The van der Waals surface area contributed by atoms with Crippen molar-refractivity contribution in [3.8, 4) is 0 Å². The Morgan fingerprint density at radius 3 is 2.27 bits per heavy atom. The van der Waals surface area contributed by atoms with Gasteiger partial charge in [0.1, 0.15) is 0 Å². The van der Waals surface area contributed by atoms with Gasteiger partial charge in [-0.25, -0.2) is 12.8 Å². The predicted molar refractivity (Wildman–Crippen MR) is 58.1 cm³/mol. The van der Waals surface area contributed by atoms with E-state index in [1.165, 1.54) is 18.2 Å². The number of halogens is 1. The van der Waals surface area contributed by atoms with E-state index >= 15 is 0 Å². The zero-order valence-corrected chi connectivity index (χ0v) is 9.46. The van der Waals surface area contributed by atoms with Gasteiger partial charge in [-0.05, 0) is 32.1 Å². The van der Waals surface area contributed by atoms with E-state index in [0.717, 1.165) is 11.6 Å². The van der Waals surface area contributed by atoms with Crippen molar-refractivity contribution in [3.63, 3.8) is 0 Å². The fraction of sp³-hybridized carbons (Fsp3) is 0.273. The maximum atomic E-state index is 13.3. The lowest BCUT2D eigenvalue weighted by Crippen LogP contribution is -2.13. The summed E-state index contributed by atoms with van der Waals surface area (Å²) in [5, 5.41) is 0. The molecular weight excluding hydrogens is 215 g/mol. The van der Waals surface area contributed by atoms with Crippen molar-refractivity contribution < 1.29 is 12.8 Å². The van der Waals surface area contributed by atoms with E-state index in [4.69, 9.17) is 0 Å². The highest BCUT2D eigenvalue weighted by Gasteiger charge is 2.23. The van der Waals surface area contributed by atoms with E-state index in [1.807, 2.05) is 6.92 Å². The molecule has 0 bridgehead atoms. The summed E-state index contributed by atoms with van der Waals surface area (Å²) in [7, 11) is -3.87. The topological polar surface area (TPSA) is 34.1 Å². The summed E-state index contributed by atoms with van der Waals surface area (Å²) in [6.45, 7) is 3.42. The molecule has 0 radical (unpaired) electrons. The number of aryl methyl sites for hydroxylation is 1. The lowest BCUT2D eigenvalue weighted by molar-refractivity contribution is 0.473. The SMILES string of the molecule is C/C=C/C(F)S(=O)(=O)c1ccc(C)cc1. The van der Waals surface area contributed by atoms with Gasteiger partial charge in [0.05, 0.1) is 4.90 Å². The van der Waals surface area contributed by atoms with Crippen LogP contribution in [0, 0.1) is 6.92 Å². The quantitative estimate of drug-likeness (QED) is 0.745. The van der Waals surface area contributed by atoms with Crippen LogP contribution in [-0.4, -0.2) is 13.9 Å². The van der Waals surface area contributed by atoms with Gasteiger partial charge in [-0.15, -0.1) is 0 Å². The van der Waals surface area contributed by atoms with Crippen molar-refractivity contribution in [1.82, 2.24) is 0 Å². The second-order valence-corrected chi connectivity index (χ2v) is 5.25. The summed E-state index contributed by atoms with van der Waals surface area (Å²) < 4.78 is 36.5. The van der Waals surface area contributed by atoms with Gasteiger partial charge in [-0.3, -0.25) is 0 Å². The number of benzene rings is 1. The smallest absolute Gasteiger partial charge is 0.223 e. The van der Waals surface area contributed by atoms with Gasteiger partial charge in [0, 0.05) is 0 Å². The number of sulfone groups is 1. The lowest BCUT2D eigenvalue weighted by atomic mass is 10.2. The number of alkyl halides is 1. The lowest BCUT2D eigenvalue weighted by Gasteiger charge is -2.05. The molecule has 0 aliphatic heterocycles. The molecule has 0 N–H and O–H groups in total. The minimum Gasteiger partial charge on any atom is -0.225 e. The summed E-state index contributed by atoms with van der Waals surface area (Å²) in [6.07, 6.45) is 2.41. The average molecular weight is 228 g/mol. The molecule has 0 aromatic heterocycles. The maximum absolute atomic E-state index is 13.3. The normalized spacial score (nSPS) is 14.3. The van der Waals surface area contributed by atoms with Crippen LogP contribution in [0.5, 0.6) is 0 Å². The molecule has 1 aromatic rings. The second-order valence-electron chi connectivity index (χ2n) is 3.24. The monoisotopic (exact) mass is 228 g/mol. The molecule has 4 heteroatoms. The molecule has 0 spiro atoms. The van der Waals surface area contributed by atoms with E-state index in [2.05, 4.69) is 0 Å². The van der Waals surface area contributed by atoms with Gasteiger partial charge >= 0.3 is 0 Å². The third kappa shape index (κ3) is 2.65. The summed E-state index contributed by atoms with van der Waals surface area (Å²) >= 11 is 0. The number of allylic oxidation sites excluding steroid dienone is 1. The molecule has 0 heterocycles. The Morgan fingerprint density at radius 2 is 1.80 bits per heavy atom. The highest BCUT2D eigenvalue weighted by molar-refractivity contribution is 7.92. The van der Waals surface area contributed by atoms with E-state index < -0.39 is 15.3 Å². The minimum atomic E-state index is -3.87. The zero-order valence-electron chi connectivity index (χ0n) is 8.64. The van der Waals surface area contributed by atoms with Crippen LogP contribution in [0.4, 0.5) is 4.39 Å². The van der Waals surface area contributed by atoms with Gasteiger partial charge in [0.15, 0.2) is 0 Å². The Labute approximate surface area is 89.4 Å². The molecule has 1 atom stereocenters. The van der Waals surface area contributed by atoms with Gasteiger partial charge in [0.2, 0.25) is 15.3 Å². The van der Waals surface area contributed by atoms with Crippen LogP contribution in [0.3, 0.4) is 0 Å². The van der Waals surface area contributed by atoms with Crippen LogP contribution in [0.15, 0.2) is 41.3 Å². The Balaban J connectivity index is 3.11. The fourth-order valence-electron chi connectivity index (χ4n) is 1.11. The van der Waals surface area contributed by atoms with Crippen molar-refractivity contribution in [2.24, 2.45) is 0 Å². The minimum absolute atomic E-state index is 0.0127. The predicted octanol–water partition coefficient (Wildman–Crippen LogP) is 2.64. The van der Waals surface area contributed by atoms with Crippen LogP contribution in [0.1, 0.15) is 12.5 Å². The Kier molecular flexibility index (Phi) is 3.63. The van der Waals surface area contributed by atoms with Crippen molar-refractivity contribution in [2.75, 3.05) is 0 Å². The van der Waals surface area contributed by atoms with E-state index in [-0.39, 0.29) is 4.90 Å². The van der Waals surface area contributed by atoms with Crippen molar-refractivity contribution in [3.05, 3.63) is 42.0 Å². The summed E-state index contributed by atoms with van der Waals surface area (Å²) in [5.74, 6) is 0. The van der Waals surface area contributed by atoms with Crippen molar-refractivity contribution in [2.45, 2.75) is 24.2 Å². The molecule has 0 saturated heterocycles. The first-order valence-electron chi connectivity index (χ1n) is 4.56. The Hall–Kier alpha value is -1.16. The molecule has 0 fully saturated rings. The van der Waals surface area contributed by atoms with Gasteiger partial charge < -0.3 is 0 Å². The van der Waals surface area contributed by atoms with Crippen molar-refractivity contribution in [1.29, 1.82) is 0 Å². The first-order chi connectivity index (χ1) is 6.98. The summed E-state index contributed by atoms with van der Waals surface area (Å²) in [5.41, 5.74) is -1.03. The number of hydrogen-bond donors (Lipinski definition) is 0. The number of rotatable bonds is 3. The maximum Gasteiger partial charge on any atom is 0.223 e. The van der Waals surface area contributed by atoms with Crippen LogP contribution in [0.25, 0.3) is 0 Å². The number of hydrogen-bond acceptors (Lipinski definition) is 2. The first kappa shape index (κ1) is 11.9.